The maximum atomic E-state index is 15.2. The van der Waals surface area contributed by atoms with E-state index < -0.39 is 10.8 Å². The van der Waals surface area contributed by atoms with Crippen molar-refractivity contribution >= 4 is 24.3 Å². The minimum Gasteiger partial charge on any atom is -0.376 e. The number of ketones is 1. The van der Waals surface area contributed by atoms with Crippen LogP contribution in [0.2, 0.25) is 0 Å². The van der Waals surface area contributed by atoms with E-state index in [1.54, 1.807) is 24.3 Å². The molecule has 0 bridgehead atoms. The summed E-state index contributed by atoms with van der Waals surface area (Å²) in [7, 11) is 4.19. The third-order valence-electron chi connectivity index (χ3n) is 5.19. The molecule has 0 aliphatic heterocycles. The minimum atomic E-state index is -2.05. The fourth-order valence-electron chi connectivity index (χ4n) is 3.88. The molecule has 3 aromatic carbocycles. The van der Waals surface area contributed by atoms with Crippen LogP contribution in [-0.4, -0.2) is 16.0 Å². The number of fused-ring (bicyclic) bond motifs is 3. The van der Waals surface area contributed by atoms with E-state index in [0.717, 1.165) is 22.3 Å². The van der Waals surface area contributed by atoms with Gasteiger partial charge in [-0.25, -0.2) is 4.39 Å². The van der Waals surface area contributed by atoms with Crippen molar-refractivity contribution in [1.29, 1.82) is 0 Å². The molecule has 1 aliphatic carbocycles. The molecule has 3 aromatic rings. The Morgan fingerprint density at radius 2 is 1.35 bits per heavy atom. The summed E-state index contributed by atoms with van der Waals surface area (Å²) >= 11 is 0. The Morgan fingerprint density at radius 1 is 0.839 bits per heavy atom. The number of halogens is 1. The fourth-order valence-corrected chi connectivity index (χ4v) is 4.50. The van der Waals surface area contributed by atoms with E-state index in [9.17, 15) is 9.90 Å². The second-order valence-electron chi connectivity index (χ2n) is 6.89. The number of hydrogen-bond donors (Lipinski definition) is 1. The van der Waals surface area contributed by atoms with E-state index in [2.05, 4.69) is 18.5 Å². The molecule has 0 fully saturated rings. The number of benzene rings is 3. The smallest absolute Gasteiger partial charge is 0.172 e. The van der Waals surface area contributed by atoms with E-state index >= 15 is 4.39 Å². The molecular weight excluding hydrogens is 425 g/mol. The summed E-state index contributed by atoms with van der Waals surface area (Å²) in [5.74, 6) is -0.0402. The lowest BCUT2D eigenvalue weighted by atomic mass is 9.89. The van der Waals surface area contributed by atoms with Crippen LogP contribution in [0.3, 0.4) is 0 Å². The van der Waals surface area contributed by atoms with Gasteiger partial charge >= 0.3 is 0 Å². The van der Waals surface area contributed by atoms with Crippen molar-refractivity contribution in [3.05, 3.63) is 83.4 Å². The first-order valence-corrected chi connectivity index (χ1v) is 11.7. The number of alkyl halides is 1. The Hall–Kier alpha value is -1.92. The van der Waals surface area contributed by atoms with Crippen molar-refractivity contribution < 1.29 is 14.3 Å². The Kier molecular flexibility index (Phi) is 8.28. The predicted molar refractivity (Wildman–Crippen MR) is 136 cm³/mol. The predicted octanol–water partition coefficient (Wildman–Crippen LogP) is 7.20. The van der Waals surface area contributed by atoms with Gasteiger partial charge in [-0.2, -0.15) is 0 Å². The zero-order valence-corrected chi connectivity index (χ0v) is 21.0. The molecule has 1 N–H and O–H groups in total. The van der Waals surface area contributed by atoms with E-state index in [4.69, 9.17) is 0 Å². The third-order valence-corrected chi connectivity index (χ3v) is 6.02. The standard InChI is InChI=1S/C22H19FO2P2.2C2H6/c1-13(24)15-6-2-3-7-16(15)14-10-11-18-17-8-4-5-9-19(17)21(25,20(18)12-14)22(23,26)27;2*1-2/h2-12,25H,26-27H2,1H3;2*1-2H3. The summed E-state index contributed by atoms with van der Waals surface area (Å²) in [4.78, 5) is 12.0. The first-order chi connectivity index (χ1) is 14.7. The average molecular weight is 456 g/mol. The SMILES string of the molecule is CC.CC.CC(=O)c1ccccc1-c1ccc2c(c1)C(O)(C(F)(P)P)c1ccccc1-2. The normalized spacial score (nSPS) is 16.2. The van der Waals surface area contributed by atoms with Gasteiger partial charge in [-0.15, -0.1) is 0 Å². The molecule has 0 aromatic heterocycles. The monoisotopic (exact) mass is 456 g/mol. The van der Waals surface area contributed by atoms with Gasteiger partial charge in [-0.3, -0.25) is 4.79 Å². The van der Waals surface area contributed by atoms with Gasteiger partial charge in [-0.1, -0.05) is 107 Å². The topological polar surface area (TPSA) is 37.3 Å². The molecule has 0 amide bonds. The first-order valence-electron chi connectivity index (χ1n) is 10.6. The van der Waals surface area contributed by atoms with Crippen LogP contribution < -0.4 is 0 Å². The molecule has 5 heteroatoms. The molecule has 0 heterocycles. The third kappa shape index (κ3) is 4.37. The van der Waals surface area contributed by atoms with E-state index in [1.165, 1.54) is 6.92 Å². The molecule has 164 valence electrons. The zero-order chi connectivity index (χ0) is 23.4. The van der Waals surface area contributed by atoms with Crippen molar-refractivity contribution in [2.45, 2.75) is 45.4 Å². The number of Topliss-reactive ketones (excluding diaryl/α,β-unsaturated/α-hetero) is 1. The molecule has 0 radical (unpaired) electrons. The molecule has 0 spiro atoms. The Morgan fingerprint density at radius 3 is 1.94 bits per heavy atom. The van der Waals surface area contributed by atoms with Gasteiger partial charge < -0.3 is 5.11 Å². The van der Waals surface area contributed by atoms with Crippen LogP contribution in [0.5, 0.6) is 0 Å². The second-order valence-corrected chi connectivity index (χ2v) is 9.23. The lowest BCUT2D eigenvalue weighted by Gasteiger charge is -2.35. The van der Waals surface area contributed by atoms with Crippen LogP contribution in [0.25, 0.3) is 22.3 Å². The Bertz CT molecular complexity index is 1070. The second kappa shape index (κ2) is 10.1. The van der Waals surface area contributed by atoms with Crippen molar-refractivity contribution in [1.82, 2.24) is 0 Å². The Labute approximate surface area is 189 Å². The van der Waals surface area contributed by atoms with E-state index in [0.29, 0.717) is 16.7 Å². The van der Waals surface area contributed by atoms with E-state index in [1.807, 2.05) is 70.2 Å². The lowest BCUT2D eigenvalue weighted by Crippen LogP contribution is -2.39. The summed E-state index contributed by atoms with van der Waals surface area (Å²) in [6, 6.07) is 20.2. The van der Waals surface area contributed by atoms with Crippen molar-refractivity contribution in [2.24, 2.45) is 0 Å². The summed E-state index contributed by atoms with van der Waals surface area (Å²) in [6.45, 7) is 9.52. The quantitative estimate of drug-likeness (QED) is 0.334. The van der Waals surface area contributed by atoms with Crippen LogP contribution in [0, 0.1) is 0 Å². The number of hydrogen-bond acceptors (Lipinski definition) is 2. The van der Waals surface area contributed by atoms with Crippen LogP contribution >= 0.6 is 18.5 Å². The largest absolute Gasteiger partial charge is 0.376 e. The zero-order valence-electron chi connectivity index (χ0n) is 18.7. The molecule has 2 nitrogen and oxygen atoms in total. The van der Waals surface area contributed by atoms with Crippen LogP contribution in [0.15, 0.2) is 66.7 Å². The highest BCUT2D eigenvalue weighted by molar-refractivity contribution is 7.39. The fraction of sp³-hybridized carbons (Fsp3) is 0.269. The number of carbonyl (C=O) groups is 1. The van der Waals surface area contributed by atoms with E-state index in [-0.39, 0.29) is 5.78 Å². The maximum absolute atomic E-state index is 15.2. The van der Waals surface area contributed by atoms with Crippen LogP contribution in [0.4, 0.5) is 4.39 Å². The molecule has 4 rings (SSSR count). The van der Waals surface area contributed by atoms with Gasteiger partial charge in [0.05, 0.1) is 0 Å². The summed E-state index contributed by atoms with van der Waals surface area (Å²) in [6.07, 6.45) is 0. The molecule has 0 saturated carbocycles. The first kappa shape index (κ1) is 25.3. The number of aliphatic hydroxyl groups is 1. The van der Waals surface area contributed by atoms with Crippen LogP contribution in [-0.2, 0) is 5.60 Å². The van der Waals surface area contributed by atoms with Gasteiger partial charge in [0.2, 0.25) is 0 Å². The highest BCUT2D eigenvalue weighted by Crippen LogP contribution is 2.58. The number of rotatable bonds is 3. The molecule has 0 saturated heterocycles. The summed E-state index contributed by atoms with van der Waals surface area (Å²) in [5.41, 5.74) is 2.94. The highest BCUT2D eigenvalue weighted by Gasteiger charge is 2.53. The van der Waals surface area contributed by atoms with Crippen molar-refractivity contribution in [2.75, 3.05) is 0 Å². The van der Waals surface area contributed by atoms with Gasteiger partial charge in [0.15, 0.2) is 16.5 Å². The van der Waals surface area contributed by atoms with Gasteiger partial charge in [0, 0.05) is 11.1 Å². The summed E-state index contributed by atoms with van der Waals surface area (Å²) in [5, 5.41) is 9.45. The highest BCUT2D eigenvalue weighted by atomic mass is 31.1. The van der Waals surface area contributed by atoms with Crippen molar-refractivity contribution in [3.8, 4) is 22.3 Å². The Balaban J connectivity index is 0.000000807. The van der Waals surface area contributed by atoms with Crippen molar-refractivity contribution in [3.63, 3.8) is 0 Å². The molecule has 3 unspecified atom stereocenters. The molecule has 31 heavy (non-hydrogen) atoms. The molecule has 3 atom stereocenters. The number of carbonyl (C=O) groups excluding carboxylic acids is 1. The van der Waals surface area contributed by atoms with Gasteiger partial charge in [-0.05, 0) is 40.8 Å². The molecular formula is C26H31FO2P2. The van der Waals surface area contributed by atoms with Crippen LogP contribution in [0.1, 0.15) is 56.1 Å². The maximum Gasteiger partial charge on any atom is 0.172 e. The van der Waals surface area contributed by atoms with Gasteiger partial charge in [0.1, 0.15) is 0 Å². The average Bonchev–Trinajstić information content (AvgIpc) is 3.06. The molecule has 1 aliphatic rings. The van der Waals surface area contributed by atoms with Gasteiger partial charge in [0.25, 0.3) is 0 Å². The summed E-state index contributed by atoms with van der Waals surface area (Å²) < 4.78 is 15.2. The lowest BCUT2D eigenvalue weighted by molar-refractivity contribution is 0.0229. The minimum absolute atomic E-state index is 0.0402.